The lowest BCUT2D eigenvalue weighted by molar-refractivity contribution is -0.122. The summed E-state index contributed by atoms with van der Waals surface area (Å²) in [5.41, 5.74) is 1.73. The number of carbonyl (C=O) groups excluding carboxylic acids is 1. The summed E-state index contributed by atoms with van der Waals surface area (Å²) in [6.07, 6.45) is 7.77. The van der Waals surface area contributed by atoms with E-state index in [0.29, 0.717) is 12.3 Å². The lowest BCUT2D eigenvalue weighted by atomic mass is 9.76. The third-order valence-electron chi connectivity index (χ3n) is 4.71. The Morgan fingerprint density at radius 2 is 2.28 bits per heavy atom. The number of nitrogens with one attached hydrogen (secondary N) is 1. The Bertz CT molecular complexity index is 826. The van der Waals surface area contributed by atoms with Gasteiger partial charge in [-0.1, -0.05) is 6.07 Å². The number of aromatic nitrogens is 3. The molecule has 3 aromatic rings. The molecule has 130 valence electrons. The first kappa shape index (κ1) is 16.2. The van der Waals surface area contributed by atoms with Crippen LogP contribution >= 0.6 is 11.3 Å². The summed E-state index contributed by atoms with van der Waals surface area (Å²) in [6.45, 7) is 0. The molecule has 1 atom stereocenters. The van der Waals surface area contributed by atoms with Gasteiger partial charge < -0.3 is 10.4 Å². The van der Waals surface area contributed by atoms with E-state index in [1.807, 2.05) is 40.4 Å². The fraction of sp³-hybridized carbons (Fsp3) is 0.389. The highest BCUT2D eigenvalue weighted by atomic mass is 32.1. The monoisotopic (exact) mass is 356 g/mol. The molecule has 0 aromatic carbocycles. The number of carbonyl (C=O) groups is 1. The minimum atomic E-state index is -0.243. The van der Waals surface area contributed by atoms with Crippen molar-refractivity contribution in [2.45, 2.75) is 37.8 Å². The summed E-state index contributed by atoms with van der Waals surface area (Å²) >= 11 is 1.55. The Labute approximate surface area is 149 Å². The highest BCUT2D eigenvalue weighted by molar-refractivity contribution is 7.15. The highest BCUT2D eigenvalue weighted by Gasteiger charge is 2.35. The summed E-state index contributed by atoms with van der Waals surface area (Å²) in [5, 5.41) is 14.7. The van der Waals surface area contributed by atoms with Crippen LogP contribution in [0.3, 0.4) is 0 Å². The van der Waals surface area contributed by atoms with Gasteiger partial charge >= 0.3 is 0 Å². The lowest BCUT2D eigenvalue weighted by Gasteiger charge is -2.38. The summed E-state index contributed by atoms with van der Waals surface area (Å²) in [5.74, 6) is 0.263. The summed E-state index contributed by atoms with van der Waals surface area (Å²) < 4.78 is 1.93. The maximum Gasteiger partial charge on any atom is 0.226 e. The Balaban J connectivity index is 1.42. The van der Waals surface area contributed by atoms with E-state index in [-0.39, 0.29) is 24.5 Å². The maximum atomic E-state index is 12.5. The molecule has 1 amide bonds. The first-order chi connectivity index (χ1) is 12.2. The molecule has 0 spiro atoms. The molecule has 0 radical (unpaired) electrons. The van der Waals surface area contributed by atoms with Crippen molar-refractivity contribution in [1.29, 1.82) is 0 Å². The second kappa shape index (κ2) is 6.93. The molecule has 6 nitrogen and oxygen atoms in total. The van der Waals surface area contributed by atoms with E-state index >= 15 is 0 Å². The number of hydrogen-bond donors (Lipinski definition) is 2. The Kier molecular flexibility index (Phi) is 4.50. The number of aliphatic hydroxyl groups is 1. The van der Waals surface area contributed by atoms with E-state index in [4.69, 9.17) is 0 Å². The van der Waals surface area contributed by atoms with E-state index < -0.39 is 0 Å². The van der Waals surface area contributed by atoms with Crippen molar-refractivity contribution in [3.63, 3.8) is 0 Å². The van der Waals surface area contributed by atoms with E-state index in [2.05, 4.69) is 15.3 Å². The molecule has 1 unspecified atom stereocenters. The first-order valence-corrected chi connectivity index (χ1v) is 9.34. The molecule has 1 saturated carbocycles. The SMILES string of the molecule is O=C(Cc1cn2ccsc2n1)NC(Cc1ccccn1)C1CC(O)C1. The van der Waals surface area contributed by atoms with Crippen LogP contribution in [0.15, 0.2) is 42.2 Å². The molecule has 25 heavy (non-hydrogen) atoms. The van der Waals surface area contributed by atoms with Crippen molar-refractivity contribution in [3.05, 3.63) is 53.6 Å². The van der Waals surface area contributed by atoms with E-state index in [1.54, 1.807) is 17.5 Å². The van der Waals surface area contributed by atoms with Crippen molar-refractivity contribution in [3.8, 4) is 0 Å². The number of fused-ring (bicyclic) bond motifs is 1. The average Bonchev–Trinajstić information content (AvgIpc) is 3.13. The van der Waals surface area contributed by atoms with Crippen molar-refractivity contribution >= 4 is 22.2 Å². The van der Waals surface area contributed by atoms with Gasteiger partial charge in [-0.15, -0.1) is 11.3 Å². The van der Waals surface area contributed by atoms with Crippen LogP contribution in [0.25, 0.3) is 4.96 Å². The van der Waals surface area contributed by atoms with Crippen molar-refractivity contribution in [1.82, 2.24) is 19.7 Å². The molecular weight excluding hydrogens is 336 g/mol. The minimum Gasteiger partial charge on any atom is -0.393 e. The molecule has 0 saturated heterocycles. The summed E-state index contributed by atoms with van der Waals surface area (Å²) in [4.78, 5) is 22.2. The van der Waals surface area contributed by atoms with Crippen LogP contribution < -0.4 is 5.32 Å². The molecule has 3 heterocycles. The quantitative estimate of drug-likeness (QED) is 0.706. The number of amides is 1. The number of imidazole rings is 1. The molecule has 2 N–H and O–H groups in total. The van der Waals surface area contributed by atoms with Gasteiger partial charge in [0.2, 0.25) is 5.91 Å². The standard InChI is InChI=1S/C18H20N4O2S/c23-15-7-12(8-15)16(9-13-3-1-2-4-19-13)21-17(24)10-14-11-22-5-6-25-18(22)20-14/h1-6,11-12,15-16,23H,7-10H2,(H,21,24). The molecule has 1 aliphatic carbocycles. The zero-order chi connectivity index (χ0) is 17.2. The van der Waals surface area contributed by atoms with Gasteiger partial charge in [0.15, 0.2) is 4.96 Å². The zero-order valence-electron chi connectivity index (χ0n) is 13.7. The third kappa shape index (κ3) is 3.72. The van der Waals surface area contributed by atoms with Crippen LogP contribution in [-0.2, 0) is 17.6 Å². The normalized spacial score (nSPS) is 21.0. The largest absolute Gasteiger partial charge is 0.393 e. The molecule has 1 aliphatic rings. The average molecular weight is 356 g/mol. The number of pyridine rings is 1. The van der Waals surface area contributed by atoms with Crippen LogP contribution in [0.4, 0.5) is 0 Å². The molecule has 7 heteroatoms. The molecule has 4 rings (SSSR count). The fourth-order valence-electron chi connectivity index (χ4n) is 3.32. The van der Waals surface area contributed by atoms with Gasteiger partial charge in [-0.05, 0) is 30.9 Å². The van der Waals surface area contributed by atoms with Crippen molar-refractivity contribution in [2.75, 3.05) is 0 Å². The fourth-order valence-corrected chi connectivity index (χ4v) is 4.04. The van der Waals surface area contributed by atoms with Crippen LogP contribution in [0.2, 0.25) is 0 Å². The van der Waals surface area contributed by atoms with E-state index in [0.717, 1.165) is 29.2 Å². The van der Waals surface area contributed by atoms with Gasteiger partial charge in [-0.2, -0.15) is 0 Å². The molecule has 0 bridgehead atoms. The summed E-state index contributed by atoms with van der Waals surface area (Å²) in [6, 6.07) is 5.80. The molecule has 0 aliphatic heterocycles. The number of thiazole rings is 1. The van der Waals surface area contributed by atoms with Crippen molar-refractivity contribution < 1.29 is 9.90 Å². The van der Waals surface area contributed by atoms with E-state index in [9.17, 15) is 9.90 Å². The topological polar surface area (TPSA) is 79.5 Å². The minimum absolute atomic E-state index is 0.00506. The highest BCUT2D eigenvalue weighted by Crippen LogP contribution is 2.31. The predicted octanol–water partition coefficient (Wildman–Crippen LogP) is 1.83. The van der Waals surface area contributed by atoms with E-state index in [1.165, 1.54) is 0 Å². The predicted molar refractivity (Wildman–Crippen MR) is 95.4 cm³/mol. The number of rotatable bonds is 6. The van der Waals surface area contributed by atoms with Crippen LogP contribution in [0.5, 0.6) is 0 Å². The second-order valence-electron chi connectivity index (χ2n) is 6.59. The Hall–Kier alpha value is -2.25. The van der Waals surface area contributed by atoms with Crippen LogP contribution in [-0.4, -0.2) is 37.5 Å². The van der Waals surface area contributed by atoms with Crippen LogP contribution in [0, 0.1) is 5.92 Å². The zero-order valence-corrected chi connectivity index (χ0v) is 14.5. The van der Waals surface area contributed by atoms with Crippen LogP contribution in [0.1, 0.15) is 24.2 Å². The van der Waals surface area contributed by atoms with Gasteiger partial charge in [0.05, 0.1) is 18.2 Å². The number of aliphatic hydroxyl groups excluding tert-OH is 1. The third-order valence-corrected chi connectivity index (χ3v) is 5.48. The van der Waals surface area contributed by atoms with Gasteiger partial charge in [0, 0.05) is 42.1 Å². The molecular formula is C18H20N4O2S. The first-order valence-electron chi connectivity index (χ1n) is 8.46. The number of nitrogens with zero attached hydrogens (tertiary/aromatic N) is 3. The van der Waals surface area contributed by atoms with Gasteiger partial charge in [-0.3, -0.25) is 14.2 Å². The Morgan fingerprint density at radius 1 is 1.40 bits per heavy atom. The summed E-state index contributed by atoms with van der Waals surface area (Å²) in [7, 11) is 0. The van der Waals surface area contributed by atoms with Gasteiger partial charge in [0.25, 0.3) is 0 Å². The number of hydrogen-bond acceptors (Lipinski definition) is 5. The second-order valence-corrected chi connectivity index (χ2v) is 7.46. The molecule has 3 aromatic heterocycles. The lowest BCUT2D eigenvalue weighted by Crippen LogP contribution is -2.48. The smallest absolute Gasteiger partial charge is 0.226 e. The van der Waals surface area contributed by atoms with Gasteiger partial charge in [-0.25, -0.2) is 4.98 Å². The van der Waals surface area contributed by atoms with Crippen molar-refractivity contribution in [2.24, 2.45) is 5.92 Å². The maximum absolute atomic E-state index is 12.5. The Morgan fingerprint density at radius 3 is 3.00 bits per heavy atom. The van der Waals surface area contributed by atoms with Gasteiger partial charge in [0.1, 0.15) is 0 Å². The molecule has 1 fully saturated rings.